The van der Waals surface area contributed by atoms with E-state index in [1.165, 1.54) is 22.7 Å². The van der Waals surface area contributed by atoms with Gasteiger partial charge >= 0.3 is 17.8 Å². The summed E-state index contributed by atoms with van der Waals surface area (Å²) < 4.78 is 5.44. The third-order valence-corrected chi connectivity index (χ3v) is 6.11. The highest BCUT2D eigenvalue weighted by molar-refractivity contribution is 7.13. The van der Waals surface area contributed by atoms with Crippen molar-refractivity contribution in [2.45, 2.75) is 20.0 Å². The number of rotatable bonds is 7. The topological polar surface area (TPSA) is 79.8 Å². The average Bonchev–Trinajstić information content (AvgIpc) is 3.45. The van der Waals surface area contributed by atoms with E-state index in [0.717, 1.165) is 31.0 Å². The molecule has 0 bridgehead atoms. The van der Waals surface area contributed by atoms with Gasteiger partial charge in [0.2, 0.25) is 0 Å². The fourth-order valence-corrected chi connectivity index (χ4v) is 4.43. The molecular weight excluding hydrogens is 410 g/mol. The predicted molar refractivity (Wildman–Crippen MR) is 110 cm³/mol. The van der Waals surface area contributed by atoms with Crippen molar-refractivity contribution in [3.8, 4) is 16.3 Å². The van der Waals surface area contributed by atoms with Gasteiger partial charge in [0, 0.05) is 15.8 Å². The van der Waals surface area contributed by atoms with E-state index >= 15 is 0 Å². The molecule has 7 nitrogen and oxygen atoms in total. The molecule has 0 spiro atoms. The van der Waals surface area contributed by atoms with E-state index < -0.39 is 17.8 Å². The first kappa shape index (κ1) is 19.3. The number of urea groups is 1. The zero-order chi connectivity index (χ0) is 20.4. The lowest BCUT2D eigenvalue weighted by atomic mass is 10.2. The lowest BCUT2D eigenvalue weighted by Crippen LogP contribution is -2.32. The Morgan fingerprint density at radius 2 is 1.69 bits per heavy atom. The van der Waals surface area contributed by atoms with Crippen LogP contribution in [0, 0.1) is 0 Å². The van der Waals surface area contributed by atoms with Crippen LogP contribution < -0.4 is 4.74 Å². The lowest BCUT2D eigenvalue weighted by molar-refractivity contribution is -0.143. The molecule has 0 unspecified atom stereocenters. The zero-order valence-corrected chi connectivity index (χ0v) is 17.2. The van der Waals surface area contributed by atoms with Gasteiger partial charge in [-0.15, -0.1) is 22.7 Å². The molecule has 4 amide bonds. The summed E-state index contributed by atoms with van der Waals surface area (Å²) >= 11 is 2.84. The third kappa shape index (κ3) is 3.92. The molecule has 0 N–H and O–H groups in total. The molecule has 0 saturated carbocycles. The number of imide groups is 2. The number of thiophene rings is 1. The fourth-order valence-electron chi connectivity index (χ4n) is 2.92. The van der Waals surface area contributed by atoms with Crippen LogP contribution in [-0.4, -0.2) is 39.2 Å². The van der Waals surface area contributed by atoms with Crippen molar-refractivity contribution >= 4 is 40.5 Å². The number of nitrogens with zero attached hydrogens (tertiary/aromatic N) is 3. The minimum Gasteiger partial charge on any atom is -0.494 e. The minimum absolute atomic E-state index is 0.0299. The number of hydrogen-bond donors (Lipinski definition) is 0. The van der Waals surface area contributed by atoms with Gasteiger partial charge in [-0.25, -0.2) is 14.7 Å². The molecule has 9 heteroatoms. The number of ether oxygens (including phenoxy) is 1. The number of benzene rings is 1. The molecule has 1 saturated heterocycles. The molecule has 1 aliphatic rings. The van der Waals surface area contributed by atoms with Gasteiger partial charge in [-0.05, 0) is 42.6 Å². The Bertz CT molecular complexity index is 1040. The highest BCUT2D eigenvalue weighted by atomic mass is 32.1. The van der Waals surface area contributed by atoms with E-state index in [1.807, 2.05) is 48.7 Å². The van der Waals surface area contributed by atoms with Gasteiger partial charge in [-0.2, -0.15) is 0 Å². The van der Waals surface area contributed by atoms with Crippen molar-refractivity contribution < 1.29 is 19.1 Å². The molecule has 0 aliphatic carbocycles. The Labute approximate surface area is 175 Å². The Morgan fingerprint density at radius 1 is 0.966 bits per heavy atom. The highest BCUT2D eigenvalue weighted by Gasteiger charge is 2.44. The van der Waals surface area contributed by atoms with Crippen LogP contribution in [0.3, 0.4) is 0 Å². The second-order valence-electron chi connectivity index (χ2n) is 6.25. The summed E-state index contributed by atoms with van der Waals surface area (Å²) in [7, 11) is 0. The summed E-state index contributed by atoms with van der Waals surface area (Å²) in [5, 5.41) is 4.42. The summed E-state index contributed by atoms with van der Waals surface area (Å²) in [5.74, 6) is -0.835. The number of aromatic nitrogens is 1. The zero-order valence-electron chi connectivity index (χ0n) is 15.5. The number of carbonyl (C=O) groups is 3. The monoisotopic (exact) mass is 427 g/mol. The van der Waals surface area contributed by atoms with Crippen LogP contribution in [0.2, 0.25) is 0 Å². The summed E-state index contributed by atoms with van der Waals surface area (Å²) in [4.78, 5) is 44.5. The standard InChI is InChI=1S/C20H17N3O4S2/c1-2-27-15-7-5-13(6-8-15)17-21-14(12-29-17)10-22-18(24)19(25)23(20(22)26)11-16-4-3-9-28-16/h3-9,12H,2,10-11H2,1H3. The van der Waals surface area contributed by atoms with E-state index in [2.05, 4.69) is 4.98 Å². The predicted octanol–water partition coefficient (Wildman–Crippen LogP) is 3.76. The number of carbonyl (C=O) groups excluding carboxylic acids is 3. The molecule has 2 aromatic heterocycles. The van der Waals surface area contributed by atoms with Gasteiger partial charge in [-0.1, -0.05) is 6.07 Å². The average molecular weight is 428 g/mol. The first-order valence-electron chi connectivity index (χ1n) is 8.94. The first-order chi connectivity index (χ1) is 14.1. The molecule has 3 heterocycles. The molecule has 1 aromatic carbocycles. The maximum absolute atomic E-state index is 12.6. The number of thiazole rings is 1. The van der Waals surface area contributed by atoms with E-state index in [9.17, 15) is 14.4 Å². The van der Waals surface area contributed by atoms with E-state index in [1.54, 1.807) is 5.38 Å². The van der Waals surface area contributed by atoms with Gasteiger partial charge in [0.25, 0.3) is 0 Å². The van der Waals surface area contributed by atoms with Crippen molar-refractivity contribution in [3.05, 3.63) is 57.7 Å². The van der Waals surface area contributed by atoms with Crippen molar-refractivity contribution in [2.24, 2.45) is 0 Å². The Morgan fingerprint density at radius 3 is 2.34 bits per heavy atom. The molecule has 0 atom stereocenters. The largest absolute Gasteiger partial charge is 0.494 e. The number of amides is 4. The van der Waals surface area contributed by atoms with Gasteiger partial charge < -0.3 is 4.74 Å². The van der Waals surface area contributed by atoms with Crippen LogP contribution in [0.15, 0.2) is 47.2 Å². The SMILES string of the molecule is CCOc1ccc(-c2nc(CN3C(=O)C(=O)N(Cc4cccs4)C3=O)cs2)cc1. The van der Waals surface area contributed by atoms with Crippen LogP contribution in [0.25, 0.3) is 10.6 Å². The van der Waals surface area contributed by atoms with Crippen LogP contribution in [0.1, 0.15) is 17.5 Å². The molecule has 1 fully saturated rings. The van der Waals surface area contributed by atoms with Crippen LogP contribution in [0.4, 0.5) is 4.79 Å². The van der Waals surface area contributed by atoms with E-state index in [4.69, 9.17) is 4.74 Å². The summed E-state index contributed by atoms with van der Waals surface area (Å²) in [5.41, 5.74) is 1.48. The summed E-state index contributed by atoms with van der Waals surface area (Å²) in [6.07, 6.45) is 0. The van der Waals surface area contributed by atoms with E-state index in [0.29, 0.717) is 12.3 Å². The summed E-state index contributed by atoms with van der Waals surface area (Å²) in [6, 6.07) is 10.6. The lowest BCUT2D eigenvalue weighted by Gasteiger charge is -2.13. The van der Waals surface area contributed by atoms with Crippen molar-refractivity contribution in [2.75, 3.05) is 6.61 Å². The second kappa shape index (κ2) is 8.14. The summed E-state index contributed by atoms with van der Waals surface area (Å²) in [6.45, 7) is 2.60. The molecular formula is C20H17N3O4S2. The minimum atomic E-state index is -0.817. The molecule has 1 aliphatic heterocycles. The normalized spacial score (nSPS) is 14.2. The highest BCUT2D eigenvalue weighted by Crippen LogP contribution is 2.27. The first-order valence-corrected chi connectivity index (χ1v) is 10.7. The Hall–Kier alpha value is -3.04. The Balaban J connectivity index is 1.47. The van der Waals surface area contributed by atoms with Crippen LogP contribution >= 0.6 is 22.7 Å². The molecule has 0 radical (unpaired) electrons. The van der Waals surface area contributed by atoms with Crippen molar-refractivity contribution in [1.82, 2.24) is 14.8 Å². The van der Waals surface area contributed by atoms with Gasteiger partial charge in [-0.3, -0.25) is 14.5 Å². The smallest absolute Gasteiger partial charge is 0.334 e. The van der Waals surface area contributed by atoms with Gasteiger partial charge in [0.15, 0.2) is 0 Å². The van der Waals surface area contributed by atoms with Crippen LogP contribution in [-0.2, 0) is 22.7 Å². The maximum Gasteiger partial charge on any atom is 0.334 e. The van der Waals surface area contributed by atoms with Gasteiger partial charge in [0.1, 0.15) is 10.8 Å². The molecule has 29 heavy (non-hydrogen) atoms. The molecule has 3 aromatic rings. The number of hydrogen-bond acceptors (Lipinski definition) is 7. The Kier molecular flexibility index (Phi) is 5.41. The van der Waals surface area contributed by atoms with Crippen LogP contribution in [0.5, 0.6) is 5.75 Å². The van der Waals surface area contributed by atoms with Crippen molar-refractivity contribution in [3.63, 3.8) is 0 Å². The molecule has 148 valence electrons. The van der Waals surface area contributed by atoms with Crippen molar-refractivity contribution in [1.29, 1.82) is 0 Å². The fraction of sp³-hybridized carbons (Fsp3) is 0.200. The second-order valence-corrected chi connectivity index (χ2v) is 8.14. The molecule has 4 rings (SSSR count). The quantitative estimate of drug-likeness (QED) is 0.424. The maximum atomic E-state index is 12.6. The van der Waals surface area contributed by atoms with Gasteiger partial charge in [0.05, 0.1) is 25.4 Å². The third-order valence-electron chi connectivity index (χ3n) is 4.31. The van der Waals surface area contributed by atoms with E-state index in [-0.39, 0.29) is 13.1 Å².